The predicted molar refractivity (Wildman–Crippen MR) is 98.3 cm³/mol. The van der Waals surface area contributed by atoms with E-state index in [1.54, 1.807) is 30.2 Å². The van der Waals surface area contributed by atoms with Crippen LogP contribution in [0.1, 0.15) is 18.4 Å². The molecule has 1 aromatic rings. The minimum Gasteiger partial charge on any atom is -0.380 e. The second-order valence-corrected chi connectivity index (χ2v) is 8.51. The Morgan fingerprint density at radius 2 is 2.20 bits per heavy atom. The zero-order chi connectivity index (χ0) is 18.4. The quantitative estimate of drug-likeness (QED) is 0.781. The third-order valence-electron chi connectivity index (χ3n) is 4.18. The zero-order valence-electron chi connectivity index (χ0n) is 14.4. The van der Waals surface area contributed by atoms with E-state index in [9.17, 15) is 13.2 Å². The summed E-state index contributed by atoms with van der Waals surface area (Å²) in [5.74, 6) is -0.0380. The first-order valence-corrected chi connectivity index (χ1v) is 10.1. The number of piperidine rings is 1. The fraction of sp³-hybridized carbons (Fsp3) is 0.562. The van der Waals surface area contributed by atoms with E-state index in [2.05, 4.69) is 10.0 Å². The van der Waals surface area contributed by atoms with Crippen LogP contribution in [0.5, 0.6) is 0 Å². The molecule has 0 bridgehead atoms. The predicted octanol–water partition coefficient (Wildman–Crippen LogP) is 2.28. The lowest BCUT2D eigenvalue weighted by Gasteiger charge is -2.32. The first-order valence-electron chi connectivity index (χ1n) is 8.09. The molecule has 0 aromatic heterocycles. The first kappa shape index (κ1) is 20.0. The van der Waals surface area contributed by atoms with Gasteiger partial charge in [0.25, 0.3) is 0 Å². The number of carbonyl (C=O) groups excluding carboxylic acids is 1. The molecule has 1 aromatic carbocycles. The highest BCUT2D eigenvalue weighted by Gasteiger charge is 2.27. The molecule has 1 atom stereocenters. The standard InChI is InChI=1S/C16H24ClN3O4S/c1-18-25(22,23)11-12-4-3-7-20(9-12)16(21)19-15-6-5-14(17)8-13(15)10-24-2/h5-6,8,12,18H,3-4,7,9-11H2,1-2H3,(H,19,21). The number of hydrogen-bond acceptors (Lipinski definition) is 4. The maximum absolute atomic E-state index is 12.6. The highest BCUT2D eigenvalue weighted by molar-refractivity contribution is 7.89. The lowest BCUT2D eigenvalue weighted by Crippen LogP contribution is -2.44. The van der Waals surface area contributed by atoms with Gasteiger partial charge >= 0.3 is 6.03 Å². The van der Waals surface area contributed by atoms with Crippen molar-refractivity contribution in [3.8, 4) is 0 Å². The molecule has 2 rings (SSSR count). The molecule has 1 aliphatic rings. The maximum atomic E-state index is 12.6. The van der Waals surface area contributed by atoms with Crippen molar-refractivity contribution in [1.82, 2.24) is 9.62 Å². The van der Waals surface area contributed by atoms with Crippen LogP contribution in [0.4, 0.5) is 10.5 Å². The molecule has 0 spiro atoms. The van der Waals surface area contributed by atoms with Crippen LogP contribution in [0.25, 0.3) is 0 Å². The number of rotatable bonds is 6. The van der Waals surface area contributed by atoms with Crippen molar-refractivity contribution in [1.29, 1.82) is 0 Å². The van der Waals surface area contributed by atoms with Crippen LogP contribution in [-0.4, -0.2) is 52.3 Å². The largest absolute Gasteiger partial charge is 0.380 e. The monoisotopic (exact) mass is 389 g/mol. The zero-order valence-corrected chi connectivity index (χ0v) is 16.0. The summed E-state index contributed by atoms with van der Waals surface area (Å²) in [4.78, 5) is 14.2. The van der Waals surface area contributed by atoms with Gasteiger partial charge in [0.05, 0.1) is 12.4 Å². The van der Waals surface area contributed by atoms with Gasteiger partial charge in [-0.2, -0.15) is 0 Å². The number of nitrogens with zero attached hydrogens (tertiary/aromatic N) is 1. The molecular formula is C16H24ClN3O4S. The van der Waals surface area contributed by atoms with E-state index >= 15 is 0 Å². The topological polar surface area (TPSA) is 87.7 Å². The average Bonchev–Trinajstić information content (AvgIpc) is 2.57. The van der Waals surface area contributed by atoms with E-state index in [1.807, 2.05) is 0 Å². The van der Waals surface area contributed by atoms with E-state index in [0.29, 0.717) is 30.4 Å². The molecule has 0 radical (unpaired) electrons. The summed E-state index contributed by atoms with van der Waals surface area (Å²) < 4.78 is 30.9. The Morgan fingerprint density at radius 1 is 1.44 bits per heavy atom. The van der Waals surface area contributed by atoms with Crippen LogP contribution >= 0.6 is 11.6 Å². The Hall–Kier alpha value is -1.35. The SMILES string of the molecule is CNS(=O)(=O)CC1CCCN(C(=O)Nc2ccc(Cl)cc2COC)C1. The number of hydrogen-bond donors (Lipinski definition) is 2. The molecule has 1 fully saturated rings. The number of likely N-dealkylation sites (tertiary alicyclic amines) is 1. The highest BCUT2D eigenvalue weighted by atomic mass is 35.5. The molecule has 9 heteroatoms. The van der Waals surface area contributed by atoms with Crippen LogP contribution in [0.2, 0.25) is 5.02 Å². The number of methoxy groups -OCH3 is 1. The molecule has 1 unspecified atom stereocenters. The van der Waals surface area contributed by atoms with Crippen LogP contribution in [0, 0.1) is 5.92 Å². The number of sulfonamides is 1. The number of amides is 2. The van der Waals surface area contributed by atoms with Crippen molar-refractivity contribution in [2.75, 3.05) is 38.3 Å². The summed E-state index contributed by atoms with van der Waals surface area (Å²) >= 11 is 5.99. The van der Waals surface area contributed by atoms with Gasteiger partial charge in [-0.3, -0.25) is 0 Å². The van der Waals surface area contributed by atoms with Crippen molar-refractivity contribution in [3.05, 3.63) is 28.8 Å². The van der Waals surface area contributed by atoms with Crippen LogP contribution < -0.4 is 10.0 Å². The fourth-order valence-corrected chi connectivity index (χ4v) is 4.19. The second kappa shape index (κ2) is 8.84. The van der Waals surface area contributed by atoms with Gasteiger partial charge in [0.2, 0.25) is 10.0 Å². The molecule has 1 heterocycles. The molecule has 0 saturated carbocycles. The maximum Gasteiger partial charge on any atom is 0.321 e. The van der Waals surface area contributed by atoms with Crippen LogP contribution in [0.3, 0.4) is 0 Å². The number of urea groups is 1. The lowest BCUT2D eigenvalue weighted by atomic mass is 10.0. The number of carbonyl (C=O) groups is 1. The van der Waals surface area contributed by atoms with Crippen molar-refractivity contribution < 1.29 is 17.9 Å². The van der Waals surface area contributed by atoms with E-state index in [4.69, 9.17) is 16.3 Å². The van der Waals surface area contributed by atoms with E-state index in [0.717, 1.165) is 18.4 Å². The smallest absolute Gasteiger partial charge is 0.321 e. The molecule has 2 N–H and O–H groups in total. The third-order valence-corrected chi connectivity index (χ3v) is 5.95. The Balaban J connectivity index is 2.03. The van der Waals surface area contributed by atoms with Crippen molar-refractivity contribution in [2.24, 2.45) is 5.92 Å². The summed E-state index contributed by atoms with van der Waals surface area (Å²) in [6.07, 6.45) is 1.57. The molecule has 25 heavy (non-hydrogen) atoms. The van der Waals surface area contributed by atoms with E-state index in [-0.39, 0.29) is 17.7 Å². The Labute approximate surface area is 153 Å². The fourth-order valence-electron chi connectivity index (χ4n) is 2.93. The summed E-state index contributed by atoms with van der Waals surface area (Å²) in [5, 5.41) is 3.44. The minimum atomic E-state index is -3.29. The Kier molecular flexibility index (Phi) is 7.06. The second-order valence-electron chi connectivity index (χ2n) is 6.10. The van der Waals surface area contributed by atoms with Gasteiger partial charge in [0, 0.05) is 36.5 Å². The van der Waals surface area contributed by atoms with Gasteiger partial charge < -0.3 is 15.0 Å². The Morgan fingerprint density at radius 3 is 2.88 bits per heavy atom. The number of nitrogens with one attached hydrogen (secondary N) is 2. The highest BCUT2D eigenvalue weighted by Crippen LogP contribution is 2.23. The molecule has 1 aliphatic heterocycles. The summed E-state index contributed by atoms with van der Waals surface area (Å²) in [5.41, 5.74) is 1.43. The molecule has 1 saturated heterocycles. The van der Waals surface area contributed by atoms with Gasteiger partial charge in [-0.15, -0.1) is 0 Å². The van der Waals surface area contributed by atoms with Gasteiger partial charge in [-0.05, 0) is 44.0 Å². The summed E-state index contributed by atoms with van der Waals surface area (Å²) in [6.45, 7) is 1.36. The summed E-state index contributed by atoms with van der Waals surface area (Å²) in [6, 6.07) is 4.95. The van der Waals surface area contributed by atoms with E-state index in [1.165, 1.54) is 7.05 Å². The molecule has 140 valence electrons. The lowest BCUT2D eigenvalue weighted by molar-refractivity contribution is 0.181. The first-order chi connectivity index (χ1) is 11.8. The minimum absolute atomic E-state index is 0.0309. The van der Waals surface area contributed by atoms with Gasteiger partial charge in [0.1, 0.15) is 0 Å². The van der Waals surface area contributed by atoms with Gasteiger partial charge in [0.15, 0.2) is 0 Å². The van der Waals surface area contributed by atoms with Gasteiger partial charge in [-0.25, -0.2) is 17.9 Å². The van der Waals surface area contributed by atoms with Crippen molar-refractivity contribution in [2.45, 2.75) is 19.4 Å². The molecular weight excluding hydrogens is 366 g/mol. The van der Waals surface area contributed by atoms with Crippen LogP contribution in [-0.2, 0) is 21.4 Å². The van der Waals surface area contributed by atoms with Crippen LogP contribution in [0.15, 0.2) is 18.2 Å². The number of halogens is 1. The average molecular weight is 390 g/mol. The molecule has 0 aliphatic carbocycles. The summed E-state index contributed by atoms with van der Waals surface area (Å²) in [7, 11) is -0.309. The molecule has 2 amide bonds. The number of benzene rings is 1. The van der Waals surface area contributed by atoms with E-state index < -0.39 is 10.0 Å². The number of ether oxygens (including phenoxy) is 1. The third kappa shape index (κ3) is 5.85. The Bertz CT molecular complexity index is 711. The van der Waals surface area contributed by atoms with Crippen molar-refractivity contribution >= 4 is 33.3 Å². The van der Waals surface area contributed by atoms with Gasteiger partial charge in [-0.1, -0.05) is 11.6 Å². The van der Waals surface area contributed by atoms with Crippen molar-refractivity contribution in [3.63, 3.8) is 0 Å². The number of anilines is 1. The normalized spacial score (nSPS) is 18.2. The molecule has 7 nitrogen and oxygen atoms in total.